The second kappa shape index (κ2) is 2.24. The van der Waals surface area contributed by atoms with Gasteiger partial charge in [0.2, 0.25) is 6.29 Å². The third-order valence-electron chi connectivity index (χ3n) is 1.05. The Kier molecular flexibility index (Phi) is 1.59. The first kappa shape index (κ1) is 6.38. The first-order valence-corrected chi connectivity index (χ1v) is 2.54. The first-order chi connectivity index (χ1) is 4.20. The molecule has 0 saturated carbocycles. The van der Waals surface area contributed by atoms with E-state index in [1.54, 1.807) is 0 Å². The van der Waals surface area contributed by atoms with E-state index in [-0.39, 0.29) is 18.8 Å². The molecule has 1 rings (SSSR count). The van der Waals surface area contributed by atoms with Crippen LogP contribution in [0.3, 0.4) is 0 Å². The number of Topliss-reactive ketones (excluding diaryl/α,β-unsaturated/α-hetero) is 2. The largest absolute Gasteiger partial charge is 0.362 e. The molecule has 0 aromatic heterocycles. The minimum Gasteiger partial charge on any atom is -0.362 e. The van der Waals surface area contributed by atoms with Gasteiger partial charge in [0.05, 0.1) is 6.42 Å². The highest BCUT2D eigenvalue weighted by molar-refractivity contribution is 6.02. The molecule has 1 N–H and O–H groups in total. The molecular formula is C5H6O4. The molecule has 9 heavy (non-hydrogen) atoms. The minimum atomic E-state index is -1.37. The van der Waals surface area contributed by atoms with Crippen LogP contribution in [-0.2, 0) is 14.3 Å². The molecule has 1 saturated heterocycles. The number of ether oxygens (including phenoxy) is 1. The fourth-order valence-corrected chi connectivity index (χ4v) is 0.597. The molecule has 1 unspecified atom stereocenters. The van der Waals surface area contributed by atoms with Gasteiger partial charge in [-0.15, -0.1) is 0 Å². The number of hydrogen-bond donors (Lipinski definition) is 1. The van der Waals surface area contributed by atoms with Crippen molar-refractivity contribution in [1.82, 2.24) is 0 Å². The van der Waals surface area contributed by atoms with Gasteiger partial charge in [0.15, 0.2) is 11.6 Å². The van der Waals surface area contributed by atoms with Crippen molar-refractivity contribution in [3.05, 3.63) is 0 Å². The second-order valence-corrected chi connectivity index (χ2v) is 1.85. The van der Waals surface area contributed by atoms with E-state index >= 15 is 0 Å². The molecule has 0 radical (unpaired) electrons. The predicted octanol–water partition coefficient (Wildman–Crippen LogP) is -1.14. The molecule has 1 heterocycles. The summed E-state index contributed by atoms with van der Waals surface area (Å²) in [7, 11) is 0. The van der Waals surface area contributed by atoms with Gasteiger partial charge in [0.25, 0.3) is 0 Å². The third kappa shape index (κ3) is 1.34. The molecule has 0 aromatic rings. The zero-order valence-electron chi connectivity index (χ0n) is 4.66. The fraction of sp³-hybridized carbons (Fsp3) is 0.600. The highest BCUT2D eigenvalue weighted by Gasteiger charge is 2.25. The molecule has 1 fully saturated rings. The highest BCUT2D eigenvalue weighted by Crippen LogP contribution is 2.02. The number of hydrogen-bond acceptors (Lipinski definition) is 4. The van der Waals surface area contributed by atoms with Crippen LogP contribution in [-0.4, -0.2) is 29.6 Å². The Hall–Kier alpha value is -0.740. The zero-order chi connectivity index (χ0) is 6.85. The lowest BCUT2D eigenvalue weighted by Crippen LogP contribution is -2.34. The maximum absolute atomic E-state index is 10.4. The summed E-state index contributed by atoms with van der Waals surface area (Å²) in [4.78, 5) is 20.8. The Bertz CT molecular complexity index is 151. The molecule has 0 amide bonds. The maximum atomic E-state index is 10.4. The minimum absolute atomic E-state index is 0.146. The Morgan fingerprint density at radius 1 is 1.56 bits per heavy atom. The summed E-state index contributed by atoms with van der Waals surface area (Å²) in [5.41, 5.74) is 0. The highest BCUT2D eigenvalue weighted by atomic mass is 16.6. The van der Waals surface area contributed by atoms with Crippen molar-refractivity contribution in [3.63, 3.8) is 0 Å². The summed E-state index contributed by atoms with van der Waals surface area (Å²) < 4.78 is 4.36. The van der Waals surface area contributed by atoms with Crippen LogP contribution >= 0.6 is 0 Å². The summed E-state index contributed by atoms with van der Waals surface area (Å²) in [6.07, 6.45) is -1.57. The van der Waals surface area contributed by atoms with E-state index in [1.165, 1.54) is 0 Å². The predicted molar refractivity (Wildman–Crippen MR) is 26.6 cm³/mol. The van der Waals surface area contributed by atoms with Crippen LogP contribution in [0.5, 0.6) is 0 Å². The summed E-state index contributed by atoms with van der Waals surface area (Å²) >= 11 is 0. The van der Waals surface area contributed by atoms with Gasteiger partial charge in [0, 0.05) is 0 Å². The van der Waals surface area contributed by atoms with E-state index in [1.807, 2.05) is 0 Å². The van der Waals surface area contributed by atoms with Crippen molar-refractivity contribution in [2.24, 2.45) is 0 Å². The summed E-state index contributed by atoms with van der Waals surface area (Å²) in [6.45, 7) is -0.146. The second-order valence-electron chi connectivity index (χ2n) is 1.85. The quantitative estimate of drug-likeness (QED) is 0.421. The summed E-state index contributed by atoms with van der Waals surface area (Å²) in [5.74, 6) is -0.823. The van der Waals surface area contributed by atoms with Gasteiger partial charge < -0.3 is 9.84 Å². The van der Waals surface area contributed by atoms with Crippen molar-refractivity contribution in [3.8, 4) is 0 Å². The van der Waals surface area contributed by atoms with Crippen LogP contribution in [0.1, 0.15) is 6.42 Å². The normalized spacial score (nSPS) is 28.8. The Balaban J connectivity index is 2.54. The lowest BCUT2D eigenvalue weighted by Gasteiger charge is -2.14. The van der Waals surface area contributed by atoms with E-state index in [9.17, 15) is 9.59 Å². The van der Waals surface area contributed by atoms with Crippen LogP contribution in [0.15, 0.2) is 0 Å². The number of carbonyl (C=O) groups is 2. The monoisotopic (exact) mass is 130 g/mol. The van der Waals surface area contributed by atoms with Crippen molar-refractivity contribution >= 4 is 11.6 Å². The fourth-order valence-electron chi connectivity index (χ4n) is 0.597. The number of ketones is 2. The summed E-state index contributed by atoms with van der Waals surface area (Å²) in [5, 5.41) is 8.57. The van der Waals surface area contributed by atoms with E-state index in [4.69, 9.17) is 5.11 Å². The molecule has 1 atom stereocenters. The Morgan fingerprint density at radius 2 is 2.22 bits per heavy atom. The maximum Gasteiger partial charge on any atom is 0.216 e. The average Bonchev–Trinajstić information content (AvgIpc) is 1.80. The Morgan fingerprint density at radius 3 is 2.67 bits per heavy atom. The van der Waals surface area contributed by atoms with E-state index < -0.39 is 12.1 Å². The van der Waals surface area contributed by atoms with Gasteiger partial charge in [0.1, 0.15) is 6.61 Å². The number of carbonyl (C=O) groups excluding carboxylic acids is 2. The molecule has 0 aromatic carbocycles. The standard InChI is InChI=1S/C5H6O4/c6-3-1-4(7)5(8)9-2-3/h5,8H,1-2H2. The molecule has 0 spiro atoms. The van der Waals surface area contributed by atoms with E-state index in [2.05, 4.69) is 4.74 Å². The molecule has 1 aliphatic rings. The molecule has 0 bridgehead atoms. The van der Waals surface area contributed by atoms with Crippen LogP contribution in [0, 0.1) is 0 Å². The number of rotatable bonds is 0. The number of aliphatic hydroxyl groups excluding tert-OH is 1. The first-order valence-electron chi connectivity index (χ1n) is 2.54. The topological polar surface area (TPSA) is 63.6 Å². The van der Waals surface area contributed by atoms with Gasteiger partial charge in [-0.2, -0.15) is 0 Å². The smallest absolute Gasteiger partial charge is 0.216 e. The SMILES string of the molecule is O=C1COC(O)C(=O)C1. The van der Waals surface area contributed by atoms with Crippen LogP contribution in [0.2, 0.25) is 0 Å². The molecule has 50 valence electrons. The molecule has 0 aliphatic carbocycles. The third-order valence-corrected chi connectivity index (χ3v) is 1.05. The zero-order valence-corrected chi connectivity index (χ0v) is 4.66. The average molecular weight is 130 g/mol. The van der Waals surface area contributed by atoms with Crippen molar-refractivity contribution < 1.29 is 19.4 Å². The van der Waals surface area contributed by atoms with Crippen LogP contribution in [0.25, 0.3) is 0 Å². The van der Waals surface area contributed by atoms with Crippen molar-refractivity contribution in [2.45, 2.75) is 12.7 Å². The van der Waals surface area contributed by atoms with Crippen molar-refractivity contribution in [2.75, 3.05) is 6.61 Å². The number of aliphatic hydroxyl groups is 1. The molecule has 1 aliphatic heterocycles. The molecular weight excluding hydrogens is 124 g/mol. The van der Waals surface area contributed by atoms with Gasteiger partial charge in [-0.1, -0.05) is 0 Å². The van der Waals surface area contributed by atoms with Gasteiger partial charge >= 0.3 is 0 Å². The Labute approximate surface area is 51.4 Å². The lowest BCUT2D eigenvalue weighted by atomic mass is 10.2. The molecule has 4 nitrogen and oxygen atoms in total. The van der Waals surface area contributed by atoms with Crippen LogP contribution in [0.4, 0.5) is 0 Å². The van der Waals surface area contributed by atoms with Gasteiger partial charge in [-0.05, 0) is 0 Å². The van der Waals surface area contributed by atoms with E-state index in [0.29, 0.717) is 0 Å². The van der Waals surface area contributed by atoms with E-state index in [0.717, 1.165) is 0 Å². The van der Waals surface area contributed by atoms with Gasteiger partial charge in [-0.3, -0.25) is 9.59 Å². The summed E-state index contributed by atoms with van der Waals surface area (Å²) in [6, 6.07) is 0. The molecule has 4 heteroatoms. The van der Waals surface area contributed by atoms with Crippen molar-refractivity contribution in [1.29, 1.82) is 0 Å². The van der Waals surface area contributed by atoms with Gasteiger partial charge in [-0.25, -0.2) is 0 Å². The lowest BCUT2D eigenvalue weighted by molar-refractivity contribution is -0.169. The van der Waals surface area contributed by atoms with Crippen LogP contribution < -0.4 is 0 Å².